The summed E-state index contributed by atoms with van der Waals surface area (Å²) in [5.41, 5.74) is 0.820. The van der Waals surface area contributed by atoms with E-state index in [-0.39, 0.29) is 12.0 Å². The predicted molar refractivity (Wildman–Crippen MR) is 79.9 cm³/mol. The molecule has 1 aromatic heterocycles. The van der Waals surface area contributed by atoms with Gasteiger partial charge in [0, 0.05) is 34.5 Å². The molecule has 1 amide bonds. The molecule has 3 nitrogen and oxygen atoms in total. The van der Waals surface area contributed by atoms with Crippen LogP contribution < -0.4 is 0 Å². The SMILES string of the molecule is O=C(c1csc2ccccc12)N1CC2CCC(O)C2C1. The smallest absolute Gasteiger partial charge is 0.255 e. The van der Waals surface area contributed by atoms with Gasteiger partial charge in [-0.2, -0.15) is 0 Å². The number of benzene rings is 1. The van der Waals surface area contributed by atoms with Crippen molar-refractivity contribution in [2.45, 2.75) is 18.9 Å². The molecule has 2 aliphatic rings. The van der Waals surface area contributed by atoms with Gasteiger partial charge in [-0.25, -0.2) is 0 Å². The van der Waals surface area contributed by atoms with Crippen LogP contribution in [0.3, 0.4) is 0 Å². The Kier molecular flexibility index (Phi) is 2.82. The fourth-order valence-corrected chi connectivity index (χ4v) is 4.65. The molecule has 4 rings (SSSR count). The highest BCUT2D eigenvalue weighted by Crippen LogP contribution is 2.39. The van der Waals surface area contributed by atoms with Crippen molar-refractivity contribution >= 4 is 27.3 Å². The molecule has 1 saturated heterocycles. The summed E-state index contributed by atoms with van der Waals surface area (Å²) in [6.07, 6.45) is 1.75. The molecule has 4 heteroatoms. The summed E-state index contributed by atoms with van der Waals surface area (Å²) in [4.78, 5) is 14.6. The van der Waals surface area contributed by atoms with Crippen molar-refractivity contribution in [3.8, 4) is 0 Å². The quantitative estimate of drug-likeness (QED) is 0.876. The van der Waals surface area contributed by atoms with E-state index in [9.17, 15) is 9.90 Å². The van der Waals surface area contributed by atoms with Gasteiger partial charge < -0.3 is 10.0 Å². The van der Waals surface area contributed by atoms with Crippen LogP contribution in [0.25, 0.3) is 10.1 Å². The number of likely N-dealkylation sites (tertiary alicyclic amines) is 1. The van der Waals surface area contributed by atoms with Gasteiger partial charge >= 0.3 is 0 Å². The third kappa shape index (κ3) is 1.79. The Hall–Kier alpha value is -1.39. The highest BCUT2D eigenvalue weighted by Gasteiger charge is 2.43. The monoisotopic (exact) mass is 287 g/mol. The number of nitrogens with zero attached hydrogens (tertiary/aromatic N) is 1. The van der Waals surface area contributed by atoms with E-state index >= 15 is 0 Å². The van der Waals surface area contributed by atoms with Crippen molar-refractivity contribution in [3.63, 3.8) is 0 Å². The van der Waals surface area contributed by atoms with E-state index in [1.807, 2.05) is 28.5 Å². The second kappa shape index (κ2) is 4.57. The first-order valence-electron chi connectivity index (χ1n) is 7.17. The number of aliphatic hydroxyl groups is 1. The van der Waals surface area contributed by atoms with Gasteiger partial charge in [0.25, 0.3) is 5.91 Å². The fraction of sp³-hybridized carbons (Fsp3) is 0.438. The molecule has 20 heavy (non-hydrogen) atoms. The number of hydrogen-bond acceptors (Lipinski definition) is 3. The lowest BCUT2D eigenvalue weighted by Gasteiger charge is -2.18. The van der Waals surface area contributed by atoms with Crippen LogP contribution in [0.1, 0.15) is 23.2 Å². The first-order chi connectivity index (χ1) is 9.74. The van der Waals surface area contributed by atoms with Crippen LogP contribution in [-0.2, 0) is 0 Å². The van der Waals surface area contributed by atoms with Crippen LogP contribution in [0.2, 0.25) is 0 Å². The number of amides is 1. The molecule has 0 bridgehead atoms. The van der Waals surface area contributed by atoms with Crippen molar-refractivity contribution in [2.24, 2.45) is 11.8 Å². The fourth-order valence-electron chi connectivity index (χ4n) is 3.72. The Morgan fingerprint density at radius 3 is 2.95 bits per heavy atom. The molecule has 1 saturated carbocycles. The van der Waals surface area contributed by atoms with Crippen LogP contribution in [0.4, 0.5) is 0 Å². The molecule has 3 unspecified atom stereocenters. The zero-order valence-corrected chi connectivity index (χ0v) is 12.0. The van der Waals surface area contributed by atoms with Gasteiger partial charge in [0.15, 0.2) is 0 Å². The van der Waals surface area contributed by atoms with E-state index in [1.165, 1.54) is 0 Å². The minimum Gasteiger partial charge on any atom is -0.393 e. The second-order valence-corrected chi connectivity index (χ2v) is 6.84. The van der Waals surface area contributed by atoms with Crippen molar-refractivity contribution in [3.05, 3.63) is 35.2 Å². The molecule has 1 N–H and O–H groups in total. The third-order valence-electron chi connectivity index (χ3n) is 4.82. The zero-order chi connectivity index (χ0) is 13.7. The Bertz CT molecular complexity index is 665. The zero-order valence-electron chi connectivity index (χ0n) is 11.2. The number of carbonyl (C=O) groups excluding carboxylic acids is 1. The Morgan fingerprint density at radius 2 is 2.10 bits per heavy atom. The molecular weight excluding hydrogens is 270 g/mol. The first kappa shape index (κ1) is 12.4. The van der Waals surface area contributed by atoms with E-state index in [0.29, 0.717) is 11.8 Å². The number of carbonyl (C=O) groups is 1. The molecule has 1 aliphatic carbocycles. The summed E-state index contributed by atoms with van der Waals surface area (Å²) >= 11 is 1.63. The maximum atomic E-state index is 12.7. The summed E-state index contributed by atoms with van der Waals surface area (Å²) in [6, 6.07) is 8.06. The van der Waals surface area contributed by atoms with E-state index < -0.39 is 0 Å². The van der Waals surface area contributed by atoms with Crippen LogP contribution in [-0.4, -0.2) is 35.1 Å². The van der Waals surface area contributed by atoms with Crippen LogP contribution in [0, 0.1) is 11.8 Å². The van der Waals surface area contributed by atoms with Gasteiger partial charge in [0.1, 0.15) is 0 Å². The number of fused-ring (bicyclic) bond motifs is 2. The largest absolute Gasteiger partial charge is 0.393 e. The molecule has 3 atom stereocenters. The molecule has 0 radical (unpaired) electrons. The highest BCUT2D eigenvalue weighted by atomic mass is 32.1. The average Bonchev–Trinajstić information content (AvgIpc) is 3.14. The van der Waals surface area contributed by atoms with Gasteiger partial charge in [-0.1, -0.05) is 18.2 Å². The Labute approximate surface area is 121 Å². The van der Waals surface area contributed by atoms with Gasteiger partial charge in [-0.3, -0.25) is 4.79 Å². The van der Waals surface area contributed by atoms with Crippen LogP contribution in [0.15, 0.2) is 29.6 Å². The summed E-state index contributed by atoms with van der Waals surface area (Å²) in [7, 11) is 0. The predicted octanol–water partition coefficient (Wildman–Crippen LogP) is 2.74. The topological polar surface area (TPSA) is 40.5 Å². The minimum atomic E-state index is -0.211. The van der Waals surface area contributed by atoms with Gasteiger partial charge in [0.2, 0.25) is 0 Å². The van der Waals surface area contributed by atoms with Crippen LogP contribution in [0.5, 0.6) is 0 Å². The van der Waals surface area contributed by atoms with Gasteiger partial charge in [-0.15, -0.1) is 11.3 Å². The van der Waals surface area contributed by atoms with Crippen molar-refractivity contribution in [1.82, 2.24) is 4.90 Å². The number of hydrogen-bond donors (Lipinski definition) is 1. The van der Waals surface area contributed by atoms with E-state index in [1.54, 1.807) is 11.3 Å². The summed E-state index contributed by atoms with van der Waals surface area (Å²) in [6.45, 7) is 1.53. The highest BCUT2D eigenvalue weighted by molar-refractivity contribution is 7.17. The average molecular weight is 287 g/mol. The lowest BCUT2D eigenvalue weighted by molar-refractivity contribution is 0.0754. The normalized spacial score (nSPS) is 29.1. The summed E-state index contributed by atoms with van der Waals surface area (Å²) < 4.78 is 1.16. The molecular formula is C16H17NO2S. The minimum absolute atomic E-state index is 0.129. The standard InChI is InChI=1S/C16H17NO2S/c18-14-6-5-10-7-17(8-12(10)14)16(19)13-9-20-15-4-2-1-3-11(13)15/h1-4,9-10,12,14,18H,5-8H2. The third-order valence-corrected chi connectivity index (χ3v) is 5.78. The molecule has 1 aliphatic heterocycles. The van der Waals surface area contributed by atoms with Crippen molar-refractivity contribution in [1.29, 1.82) is 0 Å². The van der Waals surface area contributed by atoms with E-state index in [2.05, 4.69) is 6.07 Å². The number of aliphatic hydroxyl groups excluding tert-OH is 1. The van der Waals surface area contributed by atoms with Crippen molar-refractivity contribution in [2.75, 3.05) is 13.1 Å². The number of thiophene rings is 1. The molecule has 104 valence electrons. The molecule has 0 spiro atoms. The Balaban J connectivity index is 1.62. The molecule has 2 fully saturated rings. The Morgan fingerprint density at radius 1 is 1.25 bits per heavy atom. The van der Waals surface area contributed by atoms with E-state index in [0.717, 1.165) is 41.6 Å². The molecule has 2 heterocycles. The molecule has 2 aromatic rings. The van der Waals surface area contributed by atoms with Gasteiger partial charge in [-0.05, 0) is 24.8 Å². The maximum Gasteiger partial charge on any atom is 0.255 e. The van der Waals surface area contributed by atoms with Crippen molar-refractivity contribution < 1.29 is 9.90 Å². The van der Waals surface area contributed by atoms with Crippen LogP contribution >= 0.6 is 11.3 Å². The first-order valence-corrected chi connectivity index (χ1v) is 8.05. The second-order valence-electron chi connectivity index (χ2n) is 5.92. The van der Waals surface area contributed by atoms with E-state index in [4.69, 9.17) is 0 Å². The maximum absolute atomic E-state index is 12.7. The lowest BCUT2D eigenvalue weighted by Crippen LogP contribution is -2.30. The lowest BCUT2D eigenvalue weighted by atomic mass is 10.00. The summed E-state index contributed by atoms with van der Waals surface area (Å²) in [5.74, 6) is 0.923. The van der Waals surface area contributed by atoms with Gasteiger partial charge in [0.05, 0.1) is 11.7 Å². The summed E-state index contributed by atoms with van der Waals surface area (Å²) in [5, 5.41) is 13.0. The molecule has 1 aromatic carbocycles. The number of rotatable bonds is 1.